The topological polar surface area (TPSA) is 18.5 Å². The van der Waals surface area contributed by atoms with E-state index in [1.807, 2.05) is 0 Å². The molecule has 1 aliphatic heterocycles. The van der Waals surface area contributed by atoms with E-state index in [-0.39, 0.29) is 12.2 Å². The Morgan fingerprint density at radius 1 is 1.06 bits per heavy atom. The highest BCUT2D eigenvalue weighted by Crippen LogP contribution is 2.24. The van der Waals surface area contributed by atoms with E-state index in [1.54, 1.807) is 0 Å². The molecule has 0 amide bonds. The number of rotatable bonds is 4. The first-order chi connectivity index (χ1) is 8.33. The van der Waals surface area contributed by atoms with Gasteiger partial charge in [-0.05, 0) is 24.0 Å². The Kier molecular flexibility index (Phi) is 4.57. The van der Waals surface area contributed by atoms with Crippen LogP contribution < -0.4 is 0 Å². The van der Waals surface area contributed by atoms with Crippen LogP contribution in [-0.4, -0.2) is 19.3 Å². The summed E-state index contributed by atoms with van der Waals surface area (Å²) in [4.78, 5) is 0. The van der Waals surface area contributed by atoms with Crippen molar-refractivity contribution in [1.29, 1.82) is 0 Å². The van der Waals surface area contributed by atoms with Crippen molar-refractivity contribution >= 4 is 0 Å². The molecule has 0 saturated carbocycles. The molecule has 0 radical (unpaired) electrons. The quantitative estimate of drug-likeness (QED) is 0.793. The van der Waals surface area contributed by atoms with E-state index in [0.717, 1.165) is 19.4 Å². The lowest BCUT2D eigenvalue weighted by atomic mass is 10.0. The number of hydrogen-bond donors (Lipinski definition) is 0. The third kappa shape index (κ3) is 3.30. The second-order valence-corrected chi connectivity index (χ2v) is 4.68. The SMILES string of the molecule is CCCc1ccc([C@H]2CO[C@H](CC)CO2)cc1. The maximum atomic E-state index is 5.84. The van der Waals surface area contributed by atoms with Gasteiger partial charge in [-0.25, -0.2) is 0 Å². The van der Waals surface area contributed by atoms with Gasteiger partial charge in [-0.1, -0.05) is 44.5 Å². The smallest absolute Gasteiger partial charge is 0.106 e. The molecule has 0 spiro atoms. The first kappa shape index (κ1) is 12.6. The van der Waals surface area contributed by atoms with E-state index in [0.29, 0.717) is 6.61 Å². The second kappa shape index (κ2) is 6.18. The van der Waals surface area contributed by atoms with E-state index in [9.17, 15) is 0 Å². The van der Waals surface area contributed by atoms with Gasteiger partial charge in [0.05, 0.1) is 19.3 Å². The van der Waals surface area contributed by atoms with E-state index in [2.05, 4.69) is 38.1 Å². The van der Waals surface area contributed by atoms with Crippen LogP contribution in [0.4, 0.5) is 0 Å². The highest BCUT2D eigenvalue weighted by Gasteiger charge is 2.22. The van der Waals surface area contributed by atoms with E-state index in [4.69, 9.17) is 9.47 Å². The van der Waals surface area contributed by atoms with Crippen molar-refractivity contribution in [2.75, 3.05) is 13.2 Å². The first-order valence-corrected chi connectivity index (χ1v) is 6.65. The van der Waals surface area contributed by atoms with Crippen LogP contribution in [0.1, 0.15) is 43.9 Å². The summed E-state index contributed by atoms with van der Waals surface area (Å²) in [7, 11) is 0. The van der Waals surface area contributed by atoms with Crippen LogP contribution in [0.3, 0.4) is 0 Å². The lowest BCUT2D eigenvalue weighted by Crippen LogP contribution is -2.30. The average Bonchev–Trinajstić information content (AvgIpc) is 2.40. The highest BCUT2D eigenvalue weighted by atomic mass is 16.6. The number of hydrogen-bond acceptors (Lipinski definition) is 2. The van der Waals surface area contributed by atoms with Crippen LogP contribution in [0, 0.1) is 0 Å². The molecular weight excluding hydrogens is 212 g/mol. The van der Waals surface area contributed by atoms with Gasteiger partial charge in [0.1, 0.15) is 6.10 Å². The zero-order valence-electron chi connectivity index (χ0n) is 10.8. The summed E-state index contributed by atoms with van der Waals surface area (Å²) in [5.74, 6) is 0. The van der Waals surface area contributed by atoms with Crippen molar-refractivity contribution in [3.63, 3.8) is 0 Å². The zero-order valence-corrected chi connectivity index (χ0v) is 10.8. The molecule has 1 heterocycles. The summed E-state index contributed by atoms with van der Waals surface area (Å²) in [5, 5.41) is 0. The van der Waals surface area contributed by atoms with E-state index in [1.165, 1.54) is 17.5 Å². The summed E-state index contributed by atoms with van der Waals surface area (Å²) in [5.41, 5.74) is 2.64. The van der Waals surface area contributed by atoms with Crippen molar-refractivity contribution in [2.45, 2.75) is 45.3 Å². The molecule has 1 aromatic carbocycles. The molecule has 17 heavy (non-hydrogen) atoms. The average molecular weight is 234 g/mol. The first-order valence-electron chi connectivity index (χ1n) is 6.65. The molecule has 2 heteroatoms. The molecule has 0 unspecified atom stereocenters. The summed E-state index contributed by atoms with van der Waals surface area (Å²) in [6.07, 6.45) is 3.78. The third-order valence-electron chi connectivity index (χ3n) is 3.31. The van der Waals surface area contributed by atoms with Gasteiger partial charge in [0.25, 0.3) is 0 Å². The summed E-state index contributed by atoms with van der Waals surface area (Å²) >= 11 is 0. The fourth-order valence-electron chi connectivity index (χ4n) is 2.16. The predicted molar refractivity (Wildman–Crippen MR) is 69.2 cm³/mol. The molecule has 2 rings (SSSR count). The summed E-state index contributed by atoms with van der Waals surface area (Å²) < 4.78 is 11.6. The summed E-state index contributed by atoms with van der Waals surface area (Å²) in [6.45, 7) is 5.74. The Bertz CT molecular complexity index is 323. The Hall–Kier alpha value is -0.860. The molecular formula is C15H22O2. The van der Waals surface area contributed by atoms with Gasteiger partial charge in [-0.15, -0.1) is 0 Å². The summed E-state index contributed by atoms with van der Waals surface area (Å²) in [6, 6.07) is 8.75. The van der Waals surface area contributed by atoms with Crippen molar-refractivity contribution in [3.05, 3.63) is 35.4 Å². The second-order valence-electron chi connectivity index (χ2n) is 4.68. The van der Waals surface area contributed by atoms with Crippen LogP contribution in [0.2, 0.25) is 0 Å². The van der Waals surface area contributed by atoms with Crippen LogP contribution in [0.5, 0.6) is 0 Å². The van der Waals surface area contributed by atoms with Gasteiger partial charge in [0.2, 0.25) is 0 Å². The molecule has 2 atom stereocenters. The van der Waals surface area contributed by atoms with Gasteiger partial charge in [0, 0.05) is 0 Å². The molecule has 0 aliphatic carbocycles. The maximum absolute atomic E-state index is 5.84. The monoisotopic (exact) mass is 234 g/mol. The minimum absolute atomic E-state index is 0.119. The fourth-order valence-corrected chi connectivity index (χ4v) is 2.16. The molecule has 0 aromatic heterocycles. The Balaban J connectivity index is 1.94. The maximum Gasteiger partial charge on any atom is 0.106 e. The van der Waals surface area contributed by atoms with E-state index >= 15 is 0 Å². The molecule has 94 valence electrons. The lowest BCUT2D eigenvalue weighted by molar-refractivity contribution is -0.135. The van der Waals surface area contributed by atoms with Crippen LogP contribution in [0.25, 0.3) is 0 Å². The van der Waals surface area contributed by atoms with Crippen molar-refractivity contribution in [1.82, 2.24) is 0 Å². The Morgan fingerprint density at radius 3 is 2.35 bits per heavy atom. The van der Waals surface area contributed by atoms with Crippen molar-refractivity contribution < 1.29 is 9.47 Å². The Labute approximate surface area is 104 Å². The van der Waals surface area contributed by atoms with Gasteiger partial charge in [-0.3, -0.25) is 0 Å². The van der Waals surface area contributed by atoms with Crippen LogP contribution in [0.15, 0.2) is 24.3 Å². The highest BCUT2D eigenvalue weighted by molar-refractivity contribution is 5.24. The molecule has 0 N–H and O–H groups in total. The molecule has 1 fully saturated rings. The molecule has 1 aliphatic rings. The van der Waals surface area contributed by atoms with E-state index < -0.39 is 0 Å². The molecule has 1 saturated heterocycles. The number of aryl methyl sites for hydroxylation is 1. The van der Waals surface area contributed by atoms with Crippen LogP contribution in [-0.2, 0) is 15.9 Å². The minimum Gasteiger partial charge on any atom is -0.373 e. The Morgan fingerprint density at radius 2 is 1.82 bits per heavy atom. The predicted octanol–water partition coefficient (Wildman–Crippen LogP) is 3.51. The minimum atomic E-state index is 0.119. The van der Waals surface area contributed by atoms with Crippen molar-refractivity contribution in [3.8, 4) is 0 Å². The van der Waals surface area contributed by atoms with Gasteiger partial charge < -0.3 is 9.47 Å². The van der Waals surface area contributed by atoms with Gasteiger partial charge in [0.15, 0.2) is 0 Å². The van der Waals surface area contributed by atoms with Gasteiger partial charge in [-0.2, -0.15) is 0 Å². The molecule has 0 bridgehead atoms. The normalized spacial score (nSPS) is 24.8. The van der Waals surface area contributed by atoms with Crippen molar-refractivity contribution in [2.24, 2.45) is 0 Å². The number of ether oxygens (including phenoxy) is 2. The number of benzene rings is 1. The fraction of sp³-hybridized carbons (Fsp3) is 0.600. The largest absolute Gasteiger partial charge is 0.373 e. The van der Waals surface area contributed by atoms with Crippen LogP contribution >= 0.6 is 0 Å². The third-order valence-corrected chi connectivity index (χ3v) is 3.31. The lowest BCUT2D eigenvalue weighted by Gasteiger charge is -2.29. The molecule has 2 nitrogen and oxygen atoms in total. The molecule has 1 aromatic rings. The standard InChI is InChI=1S/C15H22O2/c1-3-5-12-6-8-13(9-7-12)15-11-16-14(4-2)10-17-15/h6-9,14-15H,3-5,10-11H2,1-2H3/t14-,15-/m1/s1. The zero-order chi connectivity index (χ0) is 12.1. The van der Waals surface area contributed by atoms with Gasteiger partial charge >= 0.3 is 0 Å².